The minimum atomic E-state index is -3.31. The SMILES string of the molecule is CCc1ccc2nc(N(CCN(CC)CC)C(=O)c3ccc(S(C)(=O)=O)cc3)sc2c1. The van der Waals surface area contributed by atoms with E-state index in [0.717, 1.165) is 42.5 Å². The molecule has 1 heterocycles. The second-order valence-corrected chi connectivity index (χ2v) is 10.5. The minimum absolute atomic E-state index is 0.179. The highest BCUT2D eigenvalue weighted by Crippen LogP contribution is 2.30. The van der Waals surface area contributed by atoms with Gasteiger partial charge in [0.15, 0.2) is 15.0 Å². The van der Waals surface area contributed by atoms with Crippen molar-refractivity contribution in [3.8, 4) is 0 Å². The van der Waals surface area contributed by atoms with Gasteiger partial charge in [0, 0.05) is 24.9 Å². The molecule has 0 spiro atoms. The van der Waals surface area contributed by atoms with E-state index in [1.807, 2.05) is 6.07 Å². The molecule has 0 N–H and O–H groups in total. The van der Waals surface area contributed by atoms with E-state index in [1.165, 1.54) is 29.0 Å². The Bertz CT molecular complexity index is 1150. The third kappa shape index (κ3) is 5.50. The molecule has 0 saturated heterocycles. The molecule has 0 aliphatic carbocycles. The van der Waals surface area contributed by atoms with Gasteiger partial charge >= 0.3 is 0 Å². The first-order chi connectivity index (χ1) is 14.8. The van der Waals surface area contributed by atoms with Crippen LogP contribution in [0.2, 0.25) is 0 Å². The molecule has 0 saturated carbocycles. The van der Waals surface area contributed by atoms with E-state index in [2.05, 4.69) is 37.8 Å². The number of hydrogen-bond donors (Lipinski definition) is 0. The van der Waals surface area contributed by atoms with E-state index in [4.69, 9.17) is 4.98 Å². The lowest BCUT2D eigenvalue weighted by Crippen LogP contribution is -2.38. The number of aryl methyl sites for hydroxylation is 1. The smallest absolute Gasteiger partial charge is 0.260 e. The predicted molar refractivity (Wildman–Crippen MR) is 128 cm³/mol. The van der Waals surface area contributed by atoms with Crippen molar-refractivity contribution in [2.24, 2.45) is 0 Å². The molecule has 0 atom stereocenters. The average molecular weight is 460 g/mol. The average Bonchev–Trinajstić information content (AvgIpc) is 3.18. The second kappa shape index (κ2) is 9.89. The molecule has 0 radical (unpaired) electrons. The summed E-state index contributed by atoms with van der Waals surface area (Å²) < 4.78 is 24.6. The van der Waals surface area contributed by atoms with Gasteiger partial charge in [0.2, 0.25) is 0 Å². The maximum absolute atomic E-state index is 13.4. The monoisotopic (exact) mass is 459 g/mol. The zero-order valence-electron chi connectivity index (χ0n) is 18.5. The summed E-state index contributed by atoms with van der Waals surface area (Å²) in [7, 11) is -3.31. The van der Waals surface area contributed by atoms with Gasteiger partial charge in [-0.05, 0) is 61.5 Å². The van der Waals surface area contributed by atoms with E-state index in [0.29, 0.717) is 17.2 Å². The summed E-state index contributed by atoms with van der Waals surface area (Å²) in [6.07, 6.45) is 2.10. The van der Waals surface area contributed by atoms with Crippen molar-refractivity contribution in [2.75, 3.05) is 37.3 Å². The summed E-state index contributed by atoms with van der Waals surface area (Å²) in [4.78, 5) is 22.3. The van der Waals surface area contributed by atoms with E-state index in [-0.39, 0.29) is 10.8 Å². The lowest BCUT2D eigenvalue weighted by Gasteiger charge is -2.24. The summed E-state index contributed by atoms with van der Waals surface area (Å²) in [6, 6.07) is 12.3. The molecule has 0 fully saturated rings. The van der Waals surface area contributed by atoms with Gasteiger partial charge in [-0.25, -0.2) is 13.4 Å². The molecule has 0 aliphatic heterocycles. The first-order valence-corrected chi connectivity index (χ1v) is 13.2. The second-order valence-electron chi connectivity index (χ2n) is 7.43. The number of benzene rings is 2. The van der Waals surface area contributed by atoms with Crippen LogP contribution in [-0.4, -0.2) is 56.6 Å². The van der Waals surface area contributed by atoms with Crippen molar-refractivity contribution in [2.45, 2.75) is 32.1 Å². The van der Waals surface area contributed by atoms with Gasteiger partial charge in [-0.15, -0.1) is 0 Å². The normalized spacial score (nSPS) is 11.9. The highest BCUT2D eigenvalue weighted by molar-refractivity contribution is 7.90. The Morgan fingerprint density at radius 3 is 2.26 bits per heavy atom. The quantitative estimate of drug-likeness (QED) is 0.478. The fourth-order valence-electron chi connectivity index (χ4n) is 3.36. The summed E-state index contributed by atoms with van der Waals surface area (Å²) in [5, 5.41) is 0.660. The van der Waals surface area contributed by atoms with Crippen molar-refractivity contribution in [1.82, 2.24) is 9.88 Å². The Morgan fingerprint density at radius 2 is 1.68 bits per heavy atom. The molecule has 1 amide bonds. The zero-order chi connectivity index (χ0) is 22.6. The van der Waals surface area contributed by atoms with Gasteiger partial charge in [0.1, 0.15) is 0 Å². The Kier molecular flexibility index (Phi) is 7.46. The number of fused-ring (bicyclic) bond motifs is 1. The van der Waals surface area contributed by atoms with Gasteiger partial charge in [0.25, 0.3) is 5.91 Å². The van der Waals surface area contributed by atoms with Crippen molar-refractivity contribution >= 4 is 42.4 Å². The van der Waals surface area contributed by atoms with Gasteiger partial charge in [0.05, 0.1) is 15.1 Å². The highest BCUT2D eigenvalue weighted by Gasteiger charge is 2.22. The van der Waals surface area contributed by atoms with Crippen LogP contribution in [0.3, 0.4) is 0 Å². The van der Waals surface area contributed by atoms with Crippen LogP contribution >= 0.6 is 11.3 Å². The number of amides is 1. The number of aromatic nitrogens is 1. The van der Waals surface area contributed by atoms with Gasteiger partial charge < -0.3 is 4.90 Å². The summed E-state index contributed by atoms with van der Waals surface area (Å²) >= 11 is 1.51. The zero-order valence-corrected chi connectivity index (χ0v) is 20.1. The molecule has 31 heavy (non-hydrogen) atoms. The Morgan fingerprint density at radius 1 is 1.00 bits per heavy atom. The maximum Gasteiger partial charge on any atom is 0.260 e. The summed E-state index contributed by atoms with van der Waals surface area (Å²) in [5.74, 6) is -0.179. The number of sulfone groups is 1. The third-order valence-electron chi connectivity index (χ3n) is 5.39. The Labute approximate surface area is 188 Å². The van der Waals surface area contributed by atoms with Crippen LogP contribution in [0.1, 0.15) is 36.7 Å². The van der Waals surface area contributed by atoms with Crippen LogP contribution in [0.4, 0.5) is 5.13 Å². The van der Waals surface area contributed by atoms with E-state index in [9.17, 15) is 13.2 Å². The molecule has 166 valence electrons. The Hall–Kier alpha value is -2.29. The predicted octanol–water partition coefficient (Wildman–Crippen LogP) is 4.25. The number of anilines is 1. The lowest BCUT2D eigenvalue weighted by atomic mass is 10.2. The van der Waals surface area contributed by atoms with Crippen LogP contribution in [0.25, 0.3) is 10.2 Å². The number of nitrogens with zero attached hydrogens (tertiary/aromatic N) is 3. The largest absolute Gasteiger partial charge is 0.302 e. The van der Waals surface area contributed by atoms with Gasteiger partial charge in [-0.3, -0.25) is 9.69 Å². The topological polar surface area (TPSA) is 70.6 Å². The fraction of sp³-hybridized carbons (Fsp3) is 0.391. The van der Waals surface area contributed by atoms with E-state index in [1.54, 1.807) is 17.0 Å². The molecule has 0 bridgehead atoms. The van der Waals surface area contributed by atoms with Crippen molar-refractivity contribution in [1.29, 1.82) is 0 Å². The van der Waals surface area contributed by atoms with Crippen LogP contribution in [-0.2, 0) is 16.3 Å². The van der Waals surface area contributed by atoms with Crippen molar-refractivity contribution < 1.29 is 13.2 Å². The third-order valence-corrected chi connectivity index (χ3v) is 7.56. The molecule has 0 unspecified atom stereocenters. The van der Waals surface area contributed by atoms with Crippen LogP contribution in [0, 0.1) is 0 Å². The molecule has 2 aromatic carbocycles. The molecule has 1 aromatic heterocycles. The molecule has 6 nitrogen and oxygen atoms in total. The fourth-order valence-corrected chi connectivity index (χ4v) is 5.04. The van der Waals surface area contributed by atoms with Gasteiger partial charge in [-0.1, -0.05) is 38.2 Å². The number of thiazole rings is 1. The Balaban J connectivity index is 1.96. The molecular formula is C23H29N3O3S2. The number of carbonyl (C=O) groups excluding carboxylic acids is 1. The maximum atomic E-state index is 13.4. The summed E-state index contributed by atoms with van der Waals surface area (Å²) in [5.41, 5.74) is 2.56. The molecule has 3 aromatic rings. The van der Waals surface area contributed by atoms with Crippen LogP contribution in [0.15, 0.2) is 47.4 Å². The number of likely N-dealkylation sites (N-methyl/N-ethyl adjacent to an activating group) is 1. The molecule has 3 rings (SSSR count). The first kappa shape index (κ1) is 23.4. The van der Waals surface area contributed by atoms with Gasteiger partial charge in [-0.2, -0.15) is 0 Å². The molecular weight excluding hydrogens is 430 g/mol. The van der Waals surface area contributed by atoms with Crippen molar-refractivity contribution in [3.05, 3.63) is 53.6 Å². The molecule has 8 heteroatoms. The first-order valence-electron chi connectivity index (χ1n) is 10.5. The number of carbonyl (C=O) groups is 1. The summed E-state index contributed by atoms with van der Waals surface area (Å²) in [6.45, 7) is 9.37. The van der Waals surface area contributed by atoms with E-state index >= 15 is 0 Å². The van der Waals surface area contributed by atoms with Crippen LogP contribution < -0.4 is 4.90 Å². The minimum Gasteiger partial charge on any atom is -0.302 e. The number of rotatable bonds is 9. The van der Waals surface area contributed by atoms with Crippen molar-refractivity contribution in [3.63, 3.8) is 0 Å². The van der Waals surface area contributed by atoms with E-state index < -0.39 is 9.84 Å². The highest BCUT2D eigenvalue weighted by atomic mass is 32.2. The lowest BCUT2D eigenvalue weighted by molar-refractivity contribution is 0.0983. The van der Waals surface area contributed by atoms with Crippen LogP contribution in [0.5, 0.6) is 0 Å². The number of hydrogen-bond acceptors (Lipinski definition) is 6. The standard InChI is InChI=1S/C23H29N3O3S2/c1-5-17-8-13-20-21(16-17)30-23(24-20)26(15-14-25(6-2)7-3)22(27)18-9-11-19(12-10-18)31(4,28)29/h8-13,16H,5-7,14-15H2,1-4H3. The molecule has 0 aliphatic rings.